The number of halogens is 4. The fourth-order valence-electron chi connectivity index (χ4n) is 0. The van der Waals surface area contributed by atoms with Crippen molar-refractivity contribution in [2.45, 2.75) is 6.92 Å². The van der Waals surface area contributed by atoms with E-state index >= 15 is 0 Å². The maximum absolute atomic E-state index is 9.22. The van der Waals surface area contributed by atoms with E-state index in [4.69, 9.17) is 0 Å². The van der Waals surface area contributed by atoms with Gasteiger partial charge in [0.15, 0.2) is 0 Å². The Bertz CT molecular complexity index is 37.0. The Labute approximate surface area is 73.2 Å². The highest BCUT2D eigenvalue weighted by molar-refractivity contribution is 5.86. The van der Waals surface area contributed by atoms with Crippen molar-refractivity contribution in [2.75, 3.05) is 0 Å². The number of carbonyl (C=O) groups excluding carboxylic acids is 1. The summed E-state index contributed by atoms with van der Waals surface area (Å²) in [6, 6.07) is 0. The monoisotopic (exact) mass is 203 g/mol. The number of carbonyl (C=O) groups is 1. The third-order valence-corrected chi connectivity index (χ3v) is 0. The molecular weight excluding hydrogens is 196 g/mol. The summed E-state index contributed by atoms with van der Waals surface area (Å²) in [4.78, 5) is 9.22. The van der Waals surface area contributed by atoms with Crippen molar-refractivity contribution >= 4 is 55.5 Å². The Morgan fingerprint density at radius 2 is 1.12 bits per heavy atom. The highest BCUT2D eigenvalue weighted by Crippen LogP contribution is 1.33. The molecule has 8 heavy (non-hydrogen) atoms. The van der Waals surface area contributed by atoms with Crippen molar-refractivity contribution in [2.24, 2.45) is 5.73 Å². The summed E-state index contributed by atoms with van der Waals surface area (Å²) in [5.74, 6) is -0.333. The Morgan fingerprint density at radius 1 is 1.12 bits per heavy atom. The second-order valence-corrected chi connectivity index (χ2v) is 0.611. The number of rotatable bonds is 0. The first kappa shape index (κ1) is 38.1. The zero-order valence-corrected chi connectivity index (χ0v) is 7.38. The fourth-order valence-corrected chi connectivity index (χ4v) is 0. The summed E-state index contributed by atoms with van der Waals surface area (Å²) in [5, 5.41) is 0. The van der Waals surface area contributed by atoms with Crippen LogP contribution < -0.4 is 5.73 Å². The van der Waals surface area contributed by atoms with Crippen LogP contribution in [0.15, 0.2) is 0 Å². The summed E-state index contributed by atoms with van der Waals surface area (Å²) < 4.78 is 0. The van der Waals surface area contributed by atoms with Crippen LogP contribution in [-0.4, -0.2) is 5.91 Å². The molecule has 0 aliphatic rings. The van der Waals surface area contributed by atoms with Gasteiger partial charge in [-0.25, -0.2) is 0 Å². The summed E-state index contributed by atoms with van der Waals surface area (Å²) in [6.07, 6.45) is 0. The van der Waals surface area contributed by atoms with Gasteiger partial charge in [0.05, 0.1) is 0 Å². The first-order valence-electron chi connectivity index (χ1n) is 0.993. The van der Waals surface area contributed by atoms with E-state index in [1.54, 1.807) is 0 Å². The van der Waals surface area contributed by atoms with E-state index in [2.05, 4.69) is 5.73 Å². The Morgan fingerprint density at radius 3 is 1.12 bits per heavy atom. The third kappa shape index (κ3) is 529. The second kappa shape index (κ2) is 25.5. The van der Waals surface area contributed by atoms with E-state index in [0.717, 1.165) is 0 Å². The summed E-state index contributed by atoms with van der Waals surface area (Å²) in [6.45, 7) is 1.31. The van der Waals surface area contributed by atoms with Gasteiger partial charge in [-0.2, -0.15) is 0 Å². The molecule has 0 saturated carbocycles. The van der Waals surface area contributed by atoms with Crippen LogP contribution in [-0.2, 0) is 4.79 Å². The molecule has 6 heteroatoms. The molecule has 0 rings (SSSR count). The van der Waals surface area contributed by atoms with Crippen molar-refractivity contribution in [3.8, 4) is 0 Å². The van der Waals surface area contributed by atoms with Crippen LogP contribution in [0, 0.1) is 0 Å². The van der Waals surface area contributed by atoms with Crippen LogP contribution in [0.2, 0.25) is 0 Å². The molecule has 0 radical (unpaired) electrons. The quantitative estimate of drug-likeness (QED) is 0.633. The standard InChI is InChI=1S/C2H5NO.4ClH/c1-2(3)4;;;;/h1H3,(H2,3,4);4*1H. The van der Waals surface area contributed by atoms with Crippen LogP contribution >= 0.6 is 49.6 Å². The van der Waals surface area contributed by atoms with Gasteiger partial charge in [0.25, 0.3) is 0 Å². The summed E-state index contributed by atoms with van der Waals surface area (Å²) in [7, 11) is 0. The van der Waals surface area contributed by atoms with Gasteiger partial charge in [0.1, 0.15) is 0 Å². The summed E-state index contributed by atoms with van der Waals surface area (Å²) >= 11 is 0. The molecule has 0 aromatic carbocycles. The topological polar surface area (TPSA) is 43.1 Å². The van der Waals surface area contributed by atoms with Gasteiger partial charge in [0.2, 0.25) is 5.91 Å². The van der Waals surface area contributed by atoms with Gasteiger partial charge in [-0.1, -0.05) is 0 Å². The molecule has 0 aliphatic heterocycles. The largest absolute Gasteiger partial charge is 0.370 e. The van der Waals surface area contributed by atoms with Gasteiger partial charge >= 0.3 is 0 Å². The van der Waals surface area contributed by atoms with Crippen LogP contribution in [0.3, 0.4) is 0 Å². The highest BCUT2D eigenvalue weighted by Gasteiger charge is 1.61. The molecule has 2 N–H and O–H groups in total. The zero-order chi connectivity index (χ0) is 3.58. The molecule has 0 heterocycles. The molecule has 1 amide bonds. The maximum Gasteiger partial charge on any atom is 0.214 e. The molecule has 0 spiro atoms. The minimum absolute atomic E-state index is 0. The number of nitrogens with two attached hydrogens (primary N) is 1. The molecule has 0 aliphatic carbocycles. The number of primary amides is 1. The van der Waals surface area contributed by atoms with E-state index in [9.17, 15) is 4.79 Å². The van der Waals surface area contributed by atoms with Crippen molar-refractivity contribution in [3.63, 3.8) is 0 Å². The lowest BCUT2D eigenvalue weighted by Crippen LogP contribution is -2.01. The molecule has 56 valence electrons. The molecule has 0 aromatic rings. The molecule has 0 unspecified atom stereocenters. The lowest BCUT2D eigenvalue weighted by atomic mass is 10.8. The highest BCUT2D eigenvalue weighted by atomic mass is 35.5. The van der Waals surface area contributed by atoms with Crippen molar-refractivity contribution in [3.05, 3.63) is 0 Å². The predicted molar refractivity (Wildman–Crippen MR) is 43.9 cm³/mol. The third-order valence-electron chi connectivity index (χ3n) is 0. The molecule has 0 bridgehead atoms. The number of amides is 1. The van der Waals surface area contributed by atoms with Crippen molar-refractivity contribution < 1.29 is 4.79 Å². The molecule has 0 aromatic heterocycles. The smallest absolute Gasteiger partial charge is 0.214 e. The molecule has 0 atom stereocenters. The lowest BCUT2D eigenvalue weighted by molar-refractivity contribution is -0.115. The van der Waals surface area contributed by atoms with E-state index in [1.807, 2.05) is 0 Å². The van der Waals surface area contributed by atoms with Gasteiger partial charge in [0, 0.05) is 6.92 Å². The molecular formula is C2H9Cl4NO. The minimum atomic E-state index is -0.333. The first-order chi connectivity index (χ1) is 1.73. The SMILES string of the molecule is CC(N)=O.Cl.Cl.Cl.Cl. The van der Waals surface area contributed by atoms with E-state index in [-0.39, 0.29) is 55.5 Å². The van der Waals surface area contributed by atoms with Crippen molar-refractivity contribution in [1.29, 1.82) is 0 Å². The lowest BCUT2D eigenvalue weighted by Gasteiger charge is -1.60. The van der Waals surface area contributed by atoms with Crippen molar-refractivity contribution in [1.82, 2.24) is 0 Å². The van der Waals surface area contributed by atoms with E-state index < -0.39 is 0 Å². The van der Waals surface area contributed by atoms with Gasteiger partial charge < -0.3 is 5.73 Å². The Kier molecular flexibility index (Phi) is 121. The predicted octanol–water partition coefficient (Wildman–Crippen LogP) is 1.18. The van der Waals surface area contributed by atoms with Crippen LogP contribution in [0.5, 0.6) is 0 Å². The van der Waals surface area contributed by atoms with E-state index in [1.165, 1.54) is 6.92 Å². The van der Waals surface area contributed by atoms with Crippen LogP contribution in [0.25, 0.3) is 0 Å². The average molecular weight is 205 g/mol. The van der Waals surface area contributed by atoms with Gasteiger partial charge in [-0.3, -0.25) is 4.79 Å². The normalized spacial score (nSPS) is 3.12. The summed E-state index contributed by atoms with van der Waals surface area (Å²) in [5.41, 5.74) is 4.47. The first-order valence-corrected chi connectivity index (χ1v) is 0.993. The van der Waals surface area contributed by atoms with Gasteiger partial charge in [-0.05, 0) is 0 Å². The van der Waals surface area contributed by atoms with Crippen LogP contribution in [0.4, 0.5) is 0 Å². The number of hydrogen-bond acceptors (Lipinski definition) is 1. The Balaban J connectivity index is -0.00000000750. The second-order valence-electron chi connectivity index (χ2n) is 0.611. The average Bonchev–Trinajstić information content (AvgIpc) is 0.811. The molecule has 2 nitrogen and oxygen atoms in total. The van der Waals surface area contributed by atoms with Crippen LogP contribution in [0.1, 0.15) is 6.92 Å². The number of hydrogen-bond donors (Lipinski definition) is 1. The maximum atomic E-state index is 9.22. The van der Waals surface area contributed by atoms with E-state index in [0.29, 0.717) is 0 Å². The zero-order valence-electron chi connectivity index (χ0n) is 4.12. The molecule has 0 fully saturated rings. The minimum Gasteiger partial charge on any atom is -0.370 e. The Hall–Kier alpha value is 0.630. The van der Waals surface area contributed by atoms with Gasteiger partial charge in [-0.15, -0.1) is 49.6 Å². The fraction of sp³-hybridized carbons (Fsp3) is 0.500. The molecule has 0 saturated heterocycles.